The summed E-state index contributed by atoms with van der Waals surface area (Å²) in [6, 6.07) is 18.1. The fourth-order valence-corrected chi connectivity index (χ4v) is 2.84. The van der Waals surface area contributed by atoms with Crippen molar-refractivity contribution in [1.82, 2.24) is 14.9 Å². The molecule has 0 aliphatic rings. The number of carbonyl (C=O) groups is 1. The van der Waals surface area contributed by atoms with E-state index in [9.17, 15) is 9.90 Å². The second-order valence-electron chi connectivity index (χ2n) is 6.18. The Bertz CT molecular complexity index is 841. The molecule has 0 fully saturated rings. The average molecular weight is 337 g/mol. The number of nitrogens with one attached hydrogen (secondary N) is 1. The molecule has 25 heavy (non-hydrogen) atoms. The zero-order valence-corrected chi connectivity index (χ0v) is 14.4. The largest absolute Gasteiger partial charge is 0.393 e. The number of carbonyl (C=O) groups excluding carboxylic acids is 1. The van der Waals surface area contributed by atoms with Crippen molar-refractivity contribution < 1.29 is 9.90 Å². The molecule has 1 aromatic heterocycles. The molecule has 0 aliphatic carbocycles. The number of fused-ring (bicyclic) bond motifs is 1. The van der Waals surface area contributed by atoms with Crippen LogP contribution in [-0.4, -0.2) is 33.2 Å². The van der Waals surface area contributed by atoms with Crippen LogP contribution in [0.2, 0.25) is 0 Å². The molecule has 0 spiro atoms. The highest BCUT2D eigenvalue weighted by molar-refractivity contribution is 5.79. The Morgan fingerprint density at radius 1 is 1.16 bits per heavy atom. The molecule has 0 saturated heterocycles. The fourth-order valence-electron chi connectivity index (χ4n) is 2.84. The van der Waals surface area contributed by atoms with Crippen LogP contribution in [-0.2, 0) is 11.2 Å². The summed E-state index contributed by atoms with van der Waals surface area (Å²) < 4.78 is 2.11. The van der Waals surface area contributed by atoms with Crippen molar-refractivity contribution in [2.75, 3.05) is 6.54 Å². The smallest absolute Gasteiger partial charge is 0.220 e. The highest BCUT2D eigenvalue weighted by Crippen LogP contribution is 2.22. The number of para-hydroxylation sites is 3. The molecule has 1 amide bonds. The van der Waals surface area contributed by atoms with Crippen molar-refractivity contribution >= 4 is 16.9 Å². The Hall–Kier alpha value is -2.66. The van der Waals surface area contributed by atoms with E-state index in [4.69, 9.17) is 4.98 Å². The molecule has 1 heterocycles. The summed E-state index contributed by atoms with van der Waals surface area (Å²) in [7, 11) is 0. The second kappa shape index (κ2) is 7.94. The van der Waals surface area contributed by atoms with E-state index in [1.165, 1.54) is 0 Å². The molecule has 1 unspecified atom stereocenters. The molecule has 0 saturated carbocycles. The summed E-state index contributed by atoms with van der Waals surface area (Å²) >= 11 is 0. The van der Waals surface area contributed by atoms with Gasteiger partial charge in [0.2, 0.25) is 5.91 Å². The van der Waals surface area contributed by atoms with E-state index in [2.05, 4.69) is 9.88 Å². The summed E-state index contributed by atoms with van der Waals surface area (Å²) in [5.74, 6) is 0.852. The normalized spacial score (nSPS) is 12.2. The minimum Gasteiger partial charge on any atom is -0.393 e. The Kier molecular flexibility index (Phi) is 5.46. The third-order valence-electron chi connectivity index (χ3n) is 4.10. The highest BCUT2D eigenvalue weighted by Gasteiger charge is 2.13. The number of amides is 1. The van der Waals surface area contributed by atoms with Gasteiger partial charge in [0, 0.05) is 25.1 Å². The van der Waals surface area contributed by atoms with E-state index < -0.39 is 6.10 Å². The van der Waals surface area contributed by atoms with E-state index in [1.807, 2.05) is 54.6 Å². The van der Waals surface area contributed by atoms with Crippen molar-refractivity contribution in [1.29, 1.82) is 0 Å². The predicted molar refractivity (Wildman–Crippen MR) is 98.7 cm³/mol. The SMILES string of the molecule is CC(O)CCNC(=O)CCc1nc2ccccc2n1-c1ccccc1. The van der Waals surface area contributed by atoms with E-state index in [0.29, 0.717) is 25.8 Å². The van der Waals surface area contributed by atoms with Crippen molar-refractivity contribution in [2.45, 2.75) is 32.3 Å². The molecule has 3 rings (SSSR count). The minimum atomic E-state index is -0.400. The number of aryl methyl sites for hydroxylation is 1. The van der Waals surface area contributed by atoms with Crippen LogP contribution in [0.4, 0.5) is 0 Å². The van der Waals surface area contributed by atoms with Crippen LogP contribution in [0.25, 0.3) is 16.7 Å². The Morgan fingerprint density at radius 3 is 2.64 bits per heavy atom. The molecule has 2 aromatic carbocycles. The first kappa shape index (κ1) is 17.2. The number of hydrogen-bond acceptors (Lipinski definition) is 3. The molecule has 0 radical (unpaired) electrons. The first-order valence-electron chi connectivity index (χ1n) is 8.61. The number of imidazole rings is 1. The summed E-state index contributed by atoms with van der Waals surface area (Å²) in [5.41, 5.74) is 3.01. The van der Waals surface area contributed by atoms with Gasteiger partial charge in [-0.1, -0.05) is 30.3 Å². The molecular formula is C20H23N3O2. The molecule has 3 aromatic rings. The van der Waals surface area contributed by atoms with Gasteiger partial charge in [0.15, 0.2) is 0 Å². The molecule has 2 N–H and O–H groups in total. The number of rotatable bonds is 7. The Morgan fingerprint density at radius 2 is 1.88 bits per heavy atom. The molecule has 5 heteroatoms. The molecule has 0 aliphatic heterocycles. The predicted octanol–water partition coefficient (Wildman–Crippen LogP) is 2.85. The van der Waals surface area contributed by atoms with Gasteiger partial charge in [-0.2, -0.15) is 0 Å². The summed E-state index contributed by atoms with van der Waals surface area (Å²) in [6.45, 7) is 2.21. The van der Waals surface area contributed by atoms with E-state index in [0.717, 1.165) is 22.5 Å². The van der Waals surface area contributed by atoms with Crippen LogP contribution in [0.1, 0.15) is 25.6 Å². The van der Waals surface area contributed by atoms with Crippen molar-refractivity contribution in [3.63, 3.8) is 0 Å². The van der Waals surface area contributed by atoms with Gasteiger partial charge in [-0.25, -0.2) is 4.98 Å². The molecule has 1 atom stereocenters. The van der Waals surface area contributed by atoms with E-state index in [1.54, 1.807) is 6.92 Å². The third kappa shape index (κ3) is 4.25. The zero-order valence-electron chi connectivity index (χ0n) is 14.4. The summed E-state index contributed by atoms with van der Waals surface area (Å²) in [4.78, 5) is 16.7. The van der Waals surface area contributed by atoms with Crippen LogP contribution >= 0.6 is 0 Å². The zero-order chi connectivity index (χ0) is 17.6. The van der Waals surface area contributed by atoms with Crippen LogP contribution in [0.15, 0.2) is 54.6 Å². The third-order valence-corrected chi connectivity index (χ3v) is 4.10. The number of nitrogens with zero attached hydrogens (tertiary/aromatic N) is 2. The van der Waals surface area contributed by atoms with Gasteiger partial charge in [-0.15, -0.1) is 0 Å². The summed E-state index contributed by atoms with van der Waals surface area (Å²) in [5, 5.41) is 12.1. The number of aromatic nitrogens is 2. The maximum absolute atomic E-state index is 12.0. The number of aliphatic hydroxyl groups is 1. The number of benzene rings is 2. The number of aliphatic hydroxyl groups excluding tert-OH is 1. The van der Waals surface area contributed by atoms with Crippen LogP contribution in [0, 0.1) is 0 Å². The lowest BCUT2D eigenvalue weighted by Crippen LogP contribution is -2.26. The first-order valence-corrected chi connectivity index (χ1v) is 8.61. The van der Waals surface area contributed by atoms with Crippen molar-refractivity contribution in [2.24, 2.45) is 0 Å². The lowest BCUT2D eigenvalue weighted by atomic mass is 10.2. The lowest BCUT2D eigenvalue weighted by molar-refractivity contribution is -0.121. The molecule has 0 bridgehead atoms. The monoisotopic (exact) mass is 337 g/mol. The maximum Gasteiger partial charge on any atom is 0.220 e. The number of hydrogen-bond donors (Lipinski definition) is 2. The average Bonchev–Trinajstić information content (AvgIpc) is 2.99. The van der Waals surface area contributed by atoms with Gasteiger partial charge in [-0.05, 0) is 37.6 Å². The van der Waals surface area contributed by atoms with Gasteiger partial charge in [0.25, 0.3) is 0 Å². The maximum atomic E-state index is 12.0. The van der Waals surface area contributed by atoms with Crippen LogP contribution < -0.4 is 5.32 Å². The van der Waals surface area contributed by atoms with Gasteiger partial charge >= 0.3 is 0 Å². The second-order valence-corrected chi connectivity index (χ2v) is 6.18. The Balaban J connectivity index is 1.78. The van der Waals surface area contributed by atoms with Gasteiger partial charge in [0.05, 0.1) is 17.1 Å². The first-order chi connectivity index (χ1) is 12.1. The van der Waals surface area contributed by atoms with Crippen LogP contribution in [0.5, 0.6) is 0 Å². The summed E-state index contributed by atoms with van der Waals surface area (Å²) in [6.07, 6.45) is 1.09. The lowest BCUT2D eigenvalue weighted by Gasteiger charge is -2.10. The highest BCUT2D eigenvalue weighted by atomic mass is 16.3. The Labute approximate surface area is 147 Å². The quantitative estimate of drug-likeness (QED) is 0.697. The van der Waals surface area contributed by atoms with Crippen molar-refractivity contribution in [3.8, 4) is 5.69 Å². The fraction of sp³-hybridized carbons (Fsp3) is 0.300. The van der Waals surface area contributed by atoms with Gasteiger partial charge < -0.3 is 10.4 Å². The molecule has 130 valence electrons. The van der Waals surface area contributed by atoms with Crippen molar-refractivity contribution in [3.05, 3.63) is 60.4 Å². The molecule has 5 nitrogen and oxygen atoms in total. The van der Waals surface area contributed by atoms with Gasteiger partial charge in [0.1, 0.15) is 5.82 Å². The van der Waals surface area contributed by atoms with Gasteiger partial charge in [-0.3, -0.25) is 9.36 Å². The van der Waals surface area contributed by atoms with E-state index >= 15 is 0 Å². The standard InChI is InChI=1S/C20H23N3O2/c1-15(24)13-14-21-20(25)12-11-19-22-17-9-5-6-10-18(17)23(19)16-7-3-2-4-8-16/h2-10,15,24H,11-14H2,1H3,(H,21,25). The topological polar surface area (TPSA) is 67.2 Å². The molecular weight excluding hydrogens is 314 g/mol. The minimum absolute atomic E-state index is 0.0210. The van der Waals surface area contributed by atoms with Crippen LogP contribution in [0.3, 0.4) is 0 Å². The van der Waals surface area contributed by atoms with E-state index in [-0.39, 0.29) is 5.91 Å².